The molecule has 8 unspecified atom stereocenters. The molecule has 0 aromatic rings. The number of esters is 1. The summed E-state index contributed by atoms with van der Waals surface area (Å²) in [6, 6.07) is -1.02. The van der Waals surface area contributed by atoms with Gasteiger partial charge in [0.25, 0.3) is 0 Å². The number of aliphatic hydroxyl groups is 5. The van der Waals surface area contributed by atoms with Gasteiger partial charge in [-0.2, -0.15) is 0 Å². The highest BCUT2D eigenvalue weighted by atomic mass is 16.7. The van der Waals surface area contributed by atoms with E-state index in [1.165, 1.54) is 257 Å². The molecule has 0 radical (unpaired) electrons. The third kappa shape index (κ3) is 47.8. The molecule has 1 fully saturated rings. The first kappa shape index (κ1) is 79.2. The van der Waals surface area contributed by atoms with Crippen LogP contribution in [-0.4, -0.2) is 99.6 Å². The Bertz CT molecular complexity index is 1450. The molecule has 1 heterocycles. The van der Waals surface area contributed by atoms with Gasteiger partial charge in [-0.25, -0.2) is 0 Å². The van der Waals surface area contributed by atoms with Crippen molar-refractivity contribution in [3.63, 3.8) is 0 Å². The van der Waals surface area contributed by atoms with Gasteiger partial charge in [0, 0.05) is 6.42 Å². The number of nitrogens with one attached hydrogen (secondary N) is 1. The average molecular weight is 1180 g/mol. The van der Waals surface area contributed by atoms with Gasteiger partial charge in [-0.15, -0.1) is 0 Å². The number of unbranched alkanes of at least 4 members (excludes halogenated alkanes) is 47. The second-order valence-corrected chi connectivity index (χ2v) is 25.3. The van der Waals surface area contributed by atoms with Gasteiger partial charge in [-0.3, -0.25) is 9.59 Å². The lowest BCUT2D eigenvalue weighted by molar-refractivity contribution is -0.305. The quantitative estimate of drug-likeness (QED) is 0.0195. The molecule has 1 rings (SSSR count). The smallest absolute Gasteiger partial charge is 0.306 e. The second kappa shape index (κ2) is 60.4. The molecule has 6 N–H and O–H groups in total. The van der Waals surface area contributed by atoms with Crippen LogP contribution >= 0.6 is 0 Å². The summed E-state index contributed by atoms with van der Waals surface area (Å²) >= 11 is 0. The summed E-state index contributed by atoms with van der Waals surface area (Å²) in [5.41, 5.74) is 0. The number of aliphatic hydroxyl groups excluding tert-OH is 5. The van der Waals surface area contributed by atoms with E-state index in [2.05, 4.69) is 38.2 Å². The Hall–Kier alpha value is -1.86. The lowest BCUT2D eigenvalue weighted by Crippen LogP contribution is -2.61. The van der Waals surface area contributed by atoms with Crippen LogP contribution in [0.3, 0.4) is 0 Å². The fourth-order valence-corrected chi connectivity index (χ4v) is 11.7. The van der Waals surface area contributed by atoms with Gasteiger partial charge in [0.2, 0.25) is 5.91 Å². The maximum atomic E-state index is 13.5. The van der Waals surface area contributed by atoms with E-state index < -0.39 is 67.4 Å². The van der Waals surface area contributed by atoms with Crippen LogP contribution < -0.4 is 5.32 Å². The maximum Gasteiger partial charge on any atom is 0.306 e. The first-order valence-electron chi connectivity index (χ1n) is 36.1. The van der Waals surface area contributed by atoms with Crippen molar-refractivity contribution < 1.29 is 49.3 Å². The Balaban J connectivity index is 2.54. The third-order valence-corrected chi connectivity index (χ3v) is 17.4. The topological polar surface area (TPSA) is 175 Å². The van der Waals surface area contributed by atoms with Gasteiger partial charge >= 0.3 is 5.97 Å². The minimum atomic E-state index is -1.61. The van der Waals surface area contributed by atoms with Crippen molar-refractivity contribution in [1.29, 1.82) is 0 Å². The summed E-state index contributed by atoms with van der Waals surface area (Å²) < 4.78 is 17.7. The van der Waals surface area contributed by atoms with E-state index in [1.54, 1.807) is 6.08 Å². The highest BCUT2D eigenvalue weighted by Gasteiger charge is 2.47. The molecule has 0 saturated carbocycles. The summed E-state index contributed by atoms with van der Waals surface area (Å²) in [6.45, 7) is 5.84. The molecule has 11 heteroatoms. The maximum absolute atomic E-state index is 13.5. The minimum absolute atomic E-state index is 0.130. The number of hydrogen-bond donors (Lipinski definition) is 6. The molecular weight excluding hydrogens is 1040 g/mol. The molecule has 0 aromatic carbocycles. The van der Waals surface area contributed by atoms with Gasteiger partial charge in [-0.05, 0) is 51.4 Å². The second-order valence-electron chi connectivity index (χ2n) is 25.3. The van der Waals surface area contributed by atoms with Crippen molar-refractivity contribution >= 4 is 11.9 Å². The predicted octanol–water partition coefficient (Wildman–Crippen LogP) is 18.4. The van der Waals surface area contributed by atoms with Gasteiger partial charge in [0.05, 0.1) is 25.4 Å². The molecular formula is C72H137NO10. The van der Waals surface area contributed by atoms with Crippen LogP contribution in [0.2, 0.25) is 0 Å². The van der Waals surface area contributed by atoms with Crippen LogP contribution in [0, 0.1) is 0 Å². The van der Waals surface area contributed by atoms with Crippen LogP contribution in [0.15, 0.2) is 24.3 Å². The van der Waals surface area contributed by atoms with E-state index in [4.69, 9.17) is 14.2 Å². The molecule has 1 amide bonds. The zero-order chi connectivity index (χ0) is 60.3. The normalized spacial score (nSPS) is 18.6. The highest BCUT2D eigenvalue weighted by molar-refractivity contribution is 5.80. The SMILES string of the molecule is CCCCCCCC/C=C/CCCCCCCCCCCCCCCCCCC(O)C(=O)NC(COC1OC(CO)C(O)C(O)C1OC(=O)CCCCCCCCCCCCCCCCC)C(O)/C=C/CCCCCCCCCCCCC. The van der Waals surface area contributed by atoms with Gasteiger partial charge in [0.15, 0.2) is 12.4 Å². The van der Waals surface area contributed by atoms with Crippen LogP contribution in [0.5, 0.6) is 0 Å². The minimum Gasteiger partial charge on any atom is -0.454 e. The predicted molar refractivity (Wildman–Crippen MR) is 348 cm³/mol. The zero-order valence-corrected chi connectivity index (χ0v) is 54.6. The molecule has 1 aliphatic rings. The van der Waals surface area contributed by atoms with Crippen molar-refractivity contribution in [1.82, 2.24) is 5.32 Å². The summed E-state index contributed by atoms with van der Waals surface area (Å²) in [4.78, 5) is 26.7. The highest BCUT2D eigenvalue weighted by Crippen LogP contribution is 2.26. The number of hydrogen-bond acceptors (Lipinski definition) is 10. The van der Waals surface area contributed by atoms with E-state index in [-0.39, 0.29) is 13.0 Å². The summed E-state index contributed by atoms with van der Waals surface area (Å²) in [7, 11) is 0. The number of amides is 1. The largest absolute Gasteiger partial charge is 0.454 e. The molecule has 490 valence electrons. The van der Waals surface area contributed by atoms with E-state index >= 15 is 0 Å². The van der Waals surface area contributed by atoms with E-state index in [0.717, 1.165) is 57.8 Å². The van der Waals surface area contributed by atoms with Crippen LogP contribution in [-0.2, 0) is 23.8 Å². The zero-order valence-electron chi connectivity index (χ0n) is 54.6. The summed E-state index contributed by atoms with van der Waals surface area (Å²) in [5, 5.41) is 57.2. The Morgan fingerprint density at radius 2 is 0.795 bits per heavy atom. The fraction of sp³-hybridized carbons (Fsp3) is 0.917. The summed E-state index contributed by atoms with van der Waals surface area (Å²) in [5.74, 6) is -1.17. The Morgan fingerprint density at radius 3 is 1.17 bits per heavy atom. The van der Waals surface area contributed by atoms with E-state index in [0.29, 0.717) is 19.3 Å². The van der Waals surface area contributed by atoms with Crippen molar-refractivity contribution in [2.24, 2.45) is 0 Å². The van der Waals surface area contributed by atoms with E-state index in [9.17, 15) is 35.1 Å². The lowest BCUT2D eigenvalue weighted by Gasteiger charge is -2.41. The van der Waals surface area contributed by atoms with Gasteiger partial charge in [0.1, 0.15) is 24.4 Å². The average Bonchev–Trinajstić information content (AvgIpc) is 3.55. The molecule has 0 aliphatic carbocycles. The number of carbonyl (C=O) groups excluding carboxylic acids is 2. The van der Waals surface area contributed by atoms with Crippen molar-refractivity contribution in [2.45, 2.75) is 410 Å². The van der Waals surface area contributed by atoms with Crippen molar-refractivity contribution in [3.8, 4) is 0 Å². The number of allylic oxidation sites excluding steroid dienone is 3. The number of rotatable bonds is 63. The Morgan fingerprint density at radius 1 is 0.458 bits per heavy atom. The Kier molecular flexibility index (Phi) is 57.6. The lowest BCUT2D eigenvalue weighted by atomic mass is 9.99. The Labute approximate surface area is 511 Å². The fourth-order valence-electron chi connectivity index (χ4n) is 11.7. The molecule has 1 aliphatic heterocycles. The molecule has 8 atom stereocenters. The molecule has 0 bridgehead atoms. The molecule has 83 heavy (non-hydrogen) atoms. The van der Waals surface area contributed by atoms with Crippen LogP contribution in [0.1, 0.15) is 361 Å². The number of ether oxygens (including phenoxy) is 3. The third-order valence-electron chi connectivity index (χ3n) is 17.4. The monoisotopic (exact) mass is 1180 g/mol. The first-order valence-corrected chi connectivity index (χ1v) is 36.1. The molecule has 0 aromatic heterocycles. The van der Waals surface area contributed by atoms with Gasteiger partial charge in [-0.1, -0.05) is 328 Å². The standard InChI is InChI=1S/C72H137NO10/c1-4-7-10-13-16-19-22-25-27-28-29-30-31-32-33-34-35-36-37-39-41-44-47-50-53-56-59-65(76)71(80)73-63(64(75)58-55-52-49-46-43-40-24-21-18-15-12-9-6-3)62-81-72-70(69(79)68(78)66(61-74)82-72)83-67(77)60-57-54-51-48-45-42-38-26-23-20-17-14-11-8-5-2/h25,27,55,58,63-66,68-70,72,74-76,78-79H,4-24,26,28-54,56-57,59-62H2,1-3H3,(H,73,80)/b27-25+,58-55+. The van der Waals surface area contributed by atoms with Crippen LogP contribution in [0.25, 0.3) is 0 Å². The van der Waals surface area contributed by atoms with Crippen LogP contribution in [0.4, 0.5) is 0 Å². The van der Waals surface area contributed by atoms with E-state index in [1.807, 2.05) is 6.08 Å². The first-order chi connectivity index (χ1) is 40.7. The van der Waals surface area contributed by atoms with Crippen molar-refractivity contribution in [3.05, 3.63) is 24.3 Å². The number of carbonyl (C=O) groups is 2. The molecule has 0 spiro atoms. The van der Waals surface area contributed by atoms with Crippen molar-refractivity contribution in [2.75, 3.05) is 13.2 Å². The molecule has 11 nitrogen and oxygen atoms in total. The van der Waals surface area contributed by atoms with Gasteiger partial charge < -0.3 is 45.1 Å². The molecule has 1 saturated heterocycles. The summed E-state index contributed by atoms with van der Waals surface area (Å²) in [6.07, 6.45) is 62.3.